The van der Waals surface area contributed by atoms with Gasteiger partial charge in [-0.05, 0) is 23.6 Å². The van der Waals surface area contributed by atoms with Crippen molar-refractivity contribution in [1.82, 2.24) is 0 Å². The number of thiophene rings is 1. The quantitative estimate of drug-likeness (QED) is 0.873. The molecule has 0 aliphatic heterocycles. The summed E-state index contributed by atoms with van der Waals surface area (Å²) < 4.78 is 26.1. The largest absolute Gasteiger partial charge is 0.477 e. The third-order valence-corrected chi connectivity index (χ3v) is 2.98. The van der Waals surface area contributed by atoms with Crippen molar-refractivity contribution in [3.63, 3.8) is 0 Å². The summed E-state index contributed by atoms with van der Waals surface area (Å²) in [4.78, 5) is 10.9. The molecule has 0 saturated heterocycles. The predicted molar refractivity (Wildman–Crippen MR) is 56.6 cm³/mol. The van der Waals surface area contributed by atoms with E-state index in [-0.39, 0.29) is 16.0 Å². The standard InChI is InChI=1S/C11H6F2O2S/c12-6-1-2-7(9(13)5-6)8-3-4-16-10(8)11(14)15/h1-5H,(H,14,15). The molecular weight excluding hydrogens is 234 g/mol. The molecule has 0 bridgehead atoms. The zero-order valence-corrected chi connectivity index (χ0v) is 8.72. The van der Waals surface area contributed by atoms with Gasteiger partial charge in [-0.3, -0.25) is 0 Å². The highest BCUT2D eigenvalue weighted by Crippen LogP contribution is 2.30. The number of carbonyl (C=O) groups is 1. The summed E-state index contributed by atoms with van der Waals surface area (Å²) in [5.74, 6) is -2.57. The normalized spacial score (nSPS) is 10.4. The number of aromatic carboxylic acids is 1. The maximum Gasteiger partial charge on any atom is 0.346 e. The van der Waals surface area contributed by atoms with E-state index in [0.717, 1.165) is 23.5 Å². The number of halogens is 2. The third kappa shape index (κ3) is 1.81. The van der Waals surface area contributed by atoms with Gasteiger partial charge in [-0.25, -0.2) is 13.6 Å². The van der Waals surface area contributed by atoms with E-state index in [9.17, 15) is 13.6 Å². The van der Waals surface area contributed by atoms with Crippen LogP contribution in [-0.2, 0) is 0 Å². The van der Waals surface area contributed by atoms with Crippen LogP contribution in [0.15, 0.2) is 29.6 Å². The summed E-state index contributed by atoms with van der Waals surface area (Å²) >= 11 is 1.01. The van der Waals surface area contributed by atoms with Gasteiger partial charge in [0.2, 0.25) is 0 Å². The molecule has 1 aromatic carbocycles. The summed E-state index contributed by atoms with van der Waals surface area (Å²) in [6, 6.07) is 4.57. The van der Waals surface area contributed by atoms with Crippen molar-refractivity contribution in [3.05, 3.63) is 46.2 Å². The topological polar surface area (TPSA) is 37.3 Å². The van der Waals surface area contributed by atoms with Crippen LogP contribution in [0.4, 0.5) is 8.78 Å². The number of rotatable bonds is 2. The Hall–Kier alpha value is -1.75. The first-order valence-corrected chi connectivity index (χ1v) is 5.24. The Morgan fingerprint density at radius 1 is 1.19 bits per heavy atom. The molecule has 5 heteroatoms. The van der Waals surface area contributed by atoms with Gasteiger partial charge < -0.3 is 5.11 Å². The van der Waals surface area contributed by atoms with Crippen LogP contribution in [0, 0.1) is 11.6 Å². The van der Waals surface area contributed by atoms with Crippen molar-refractivity contribution < 1.29 is 18.7 Å². The van der Waals surface area contributed by atoms with Crippen LogP contribution in [0.2, 0.25) is 0 Å². The van der Waals surface area contributed by atoms with Crippen molar-refractivity contribution in [2.45, 2.75) is 0 Å². The minimum Gasteiger partial charge on any atom is -0.477 e. The van der Waals surface area contributed by atoms with Crippen molar-refractivity contribution in [1.29, 1.82) is 0 Å². The number of benzene rings is 1. The molecule has 16 heavy (non-hydrogen) atoms. The van der Waals surface area contributed by atoms with Crippen molar-refractivity contribution in [2.75, 3.05) is 0 Å². The van der Waals surface area contributed by atoms with E-state index in [1.54, 1.807) is 5.38 Å². The molecule has 1 aromatic heterocycles. The van der Waals surface area contributed by atoms with Gasteiger partial charge in [0.1, 0.15) is 16.5 Å². The molecule has 0 fully saturated rings. The van der Waals surface area contributed by atoms with Crippen molar-refractivity contribution in [3.8, 4) is 11.1 Å². The summed E-state index contributed by atoms with van der Waals surface area (Å²) in [6.45, 7) is 0. The van der Waals surface area contributed by atoms with E-state index in [1.165, 1.54) is 12.1 Å². The predicted octanol–water partition coefficient (Wildman–Crippen LogP) is 3.39. The van der Waals surface area contributed by atoms with Crippen LogP contribution in [0.3, 0.4) is 0 Å². The molecule has 0 amide bonds. The van der Waals surface area contributed by atoms with E-state index in [2.05, 4.69) is 0 Å². The van der Waals surface area contributed by atoms with Gasteiger partial charge >= 0.3 is 5.97 Å². The van der Waals surface area contributed by atoms with Gasteiger partial charge in [0.15, 0.2) is 0 Å². The average Bonchev–Trinajstić information content (AvgIpc) is 2.66. The maximum absolute atomic E-state index is 13.4. The fraction of sp³-hybridized carbons (Fsp3) is 0. The van der Waals surface area contributed by atoms with E-state index < -0.39 is 17.6 Å². The molecule has 82 valence electrons. The van der Waals surface area contributed by atoms with Gasteiger partial charge in [-0.2, -0.15) is 0 Å². The molecule has 0 aliphatic rings. The lowest BCUT2D eigenvalue weighted by molar-refractivity contribution is 0.0703. The molecule has 0 atom stereocenters. The molecule has 2 rings (SSSR count). The Kier molecular flexibility index (Phi) is 2.70. The van der Waals surface area contributed by atoms with Crippen LogP contribution in [0.5, 0.6) is 0 Å². The Bertz CT molecular complexity index is 549. The average molecular weight is 240 g/mol. The lowest BCUT2D eigenvalue weighted by atomic mass is 10.1. The van der Waals surface area contributed by atoms with E-state index in [0.29, 0.717) is 0 Å². The molecule has 0 saturated carbocycles. The molecule has 2 aromatic rings. The monoisotopic (exact) mass is 240 g/mol. The Morgan fingerprint density at radius 2 is 1.94 bits per heavy atom. The zero-order chi connectivity index (χ0) is 11.7. The molecule has 0 radical (unpaired) electrons. The van der Waals surface area contributed by atoms with Gasteiger partial charge in [-0.1, -0.05) is 0 Å². The second-order valence-electron chi connectivity index (χ2n) is 3.09. The number of carboxylic acid groups (broad SMARTS) is 1. The van der Waals surface area contributed by atoms with Gasteiger partial charge in [0.25, 0.3) is 0 Å². The summed E-state index contributed by atoms with van der Waals surface area (Å²) in [6.07, 6.45) is 0. The third-order valence-electron chi connectivity index (χ3n) is 2.08. The van der Waals surface area contributed by atoms with Crippen LogP contribution < -0.4 is 0 Å². The van der Waals surface area contributed by atoms with Gasteiger partial charge in [0.05, 0.1) is 0 Å². The Balaban J connectivity index is 2.59. The number of hydrogen-bond donors (Lipinski definition) is 1. The summed E-state index contributed by atoms with van der Waals surface area (Å²) in [5, 5.41) is 10.4. The summed E-state index contributed by atoms with van der Waals surface area (Å²) in [7, 11) is 0. The highest BCUT2D eigenvalue weighted by atomic mass is 32.1. The molecule has 0 unspecified atom stereocenters. The SMILES string of the molecule is O=C(O)c1sccc1-c1ccc(F)cc1F. The van der Waals surface area contributed by atoms with E-state index in [4.69, 9.17) is 5.11 Å². The molecular formula is C11H6F2O2S. The highest BCUT2D eigenvalue weighted by molar-refractivity contribution is 7.12. The zero-order valence-electron chi connectivity index (χ0n) is 7.91. The first-order valence-electron chi connectivity index (χ1n) is 4.36. The molecule has 2 nitrogen and oxygen atoms in total. The molecule has 0 aliphatic carbocycles. The lowest BCUT2D eigenvalue weighted by Crippen LogP contribution is -1.96. The Morgan fingerprint density at radius 3 is 2.56 bits per heavy atom. The first-order chi connectivity index (χ1) is 7.59. The maximum atomic E-state index is 13.4. The van der Waals surface area contributed by atoms with Crippen LogP contribution in [0.25, 0.3) is 11.1 Å². The molecule has 1 N–H and O–H groups in total. The van der Waals surface area contributed by atoms with Gasteiger partial charge in [-0.15, -0.1) is 11.3 Å². The minimum atomic E-state index is -1.12. The van der Waals surface area contributed by atoms with Gasteiger partial charge in [0, 0.05) is 17.2 Å². The first kappa shape index (κ1) is 10.8. The minimum absolute atomic E-state index is 0.0468. The lowest BCUT2D eigenvalue weighted by Gasteiger charge is -2.02. The number of carboxylic acids is 1. The van der Waals surface area contributed by atoms with Crippen LogP contribution in [0.1, 0.15) is 9.67 Å². The smallest absolute Gasteiger partial charge is 0.346 e. The highest BCUT2D eigenvalue weighted by Gasteiger charge is 2.16. The molecule has 1 heterocycles. The van der Waals surface area contributed by atoms with Crippen LogP contribution >= 0.6 is 11.3 Å². The van der Waals surface area contributed by atoms with E-state index in [1.807, 2.05) is 0 Å². The fourth-order valence-electron chi connectivity index (χ4n) is 1.39. The van der Waals surface area contributed by atoms with Crippen LogP contribution in [-0.4, -0.2) is 11.1 Å². The summed E-state index contributed by atoms with van der Waals surface area (Å²) in [5.41, 5.74) is 0.370. The van der Waals surface area contributed by atoms with E-state index >= 15 is 0 Å². The second kappa shape index (κ2) is 4.02. The Labute approximate surface area is 93.8 Å². The fourth-order valence-corrected chi connectivity index (χ4v) is 2.14. The second-order valence-corrected chi connectivity index (χ2v) is 4.01. The molecule has 0 spiro atoms. The van der Waals surface area contributed by atoms with Crippen molar-refractivity contribution >= 4 is 17.3 Å². The van der Waals surface area contributed by atoms with Crippen molar-refractivity contribution in [2.24, 2.45) is 0 Å². The number of hydrogen-bond acceptors (Lipinski definition) is 2.